The monoisotopic (exact) mass is 505 g/mol. The molecule has 0 saturated heterocycles. The van der Waals surface area contributed by atoms with Gasteiger partial charge in [-0.1, -0.05) is 46.3 Å². The maximum absolute atomic E-state index is 13.3. The number of Topliss-reactive ketones (excluding diaryl/α,β-unsaturated/α-hetero) is 1. The van der Waals surface area contributed by atoms with Crippen molar-refractivity contribution in [3.8, 4) is 0 Å². The first-order chi connectivity index (χ1) is 16.2. The van der Waals surface area contributed by atoms with E-state index in [0.29, 0.717) is 6.42 Å². The Bertz CT molecular complexity index is 947. The van der Waals surface area contributed by atoms with E-state index in [2.05, 4.69) is 24.9 Å². The minimum Gasteiger partial charge on any atom is -0.457 e. The largest absolute Gasteiger partial charge is 0.457 e. The number of carbonyl (C=O) groups is 2. The molecular weight excluding hydrogens is 462 g/mol. The number of carbonyl (C=O) groups excluding carboxylic acids is 2. The Hall–Kier alpha value is -1.83. The molecule has 1 aromatic rings. The maximum atomic E-state index is 13.3. The summed E-state index contributed by atoms with van der Waals surface area (Å²) in [5, 5.41) is 24.7. The van der Waals surface area contributed by atoms with E-state index in [4.69, 9.17) is 4.74 Å². The fourth-order valence-corrected chi connectivity index (χ4v) is 5.12. The van der Waals surface area contributed by atoms with E-state index in [1.807, 2.05) is 32.2 Å². The summed E-state index contributed by atoms with van der Waals surface area (Å²) in [6.45, 7) is 15.0. The van der Waals surface area contributed by atoms with E-state index in [1.165, 1.54) is 5.57 Å². The molecule has 1 aliphatic rings. The van der Waals surface area contributed by atoms with Crippen molar-refractivity contribution in [1.82, 2.24) is 4.98 Å². The Kier molecular flexibility index (Phi) is 10.4. The lowest BCUT2D eigenvalue weighted by Crippen LogP contribution is -2.46. The van der Waals surface area contributed by atoms with Gasteiger partial charge in [-0.3, -0.25) is 9.59 Å². The molecule has 2 heterocycles. The highest BCUT2D eigenvalue weighted by molar-refractivity contribution is 7.09. The number of esters is 1. The molecule has 0 aromatic carbocycles. The van der Waals surface area contributed by atoms with E-state index in [1.54, 1.807) is 32.1 Å². The van der Waals surface area contributed by atoms with Crippen molar-refractivity contribution in [3.63, 3.8) is 0 Å². The van der Waals surface area contributed by atoms with Gasteiger partial charge in [-0.05, 0) is 57.1 Å². The van der Waals surface area contributed by atoms with E-state index in [9.17, 15) is 19.8 Å². The van der Waals surface area contributed by atoms with Crippen LogP contribution < -0.4 is 0 Å². The van der Waals surface area contributed by atoms with Gasteiger partial charge in [0.05, 0.1) is 34.7 Å². The highest BCUT2D eigenvalue weighted by atomic mass is 32.1. The molecule has 0 amide bonds. The lowest BCUT2D eigenvalue weighted by atomic mass is 9.71. The number of hydrogen-bond acceptors (Lipinski definition) is 7. The molecule has 1 aliphatic heterocycles. The van der Waals surface area contributed by atoms with Gasteiger partial charge in [0.25, 0.3) is 0 Å². The van der Waals surface area contributed by atoms with Crippen LogP contribution in [0.5, 0.6) is 0 Å². The number of cyclic esters (lactones) is 1. The first kappa shape index (κ1) is 29.4. The number of thiazole rings is 1. The molecule has 0 unspecified atom stereocenters. The molecule has 6 nitrogen and oxygen atoms in total. The van der Waals surface area contributed by atoms with E-state index in [-0.39, 0.29) is 24.0 Å². The summed E-state index contributed by atoms with van der Waals surface area (Å²) in [5.74, 6) is -1.32. The van der Waals surface area contributed by atoms with Crippen molar-refractivity contribution in [3.05, 3.63) is 33.3 Å². The molecule has 2 N–H and O–H groups in total. The van der Waals surface area contributed by atoms with Gasteiger partial charge in [0.2, 0.25) is 0 Å². The zero-order valence-electron chi connectivity index (χ0n) is 22.5. The molecule has 0 fully saturated rings. The summed E-state index contributed by atoms with van der Waals surface area (Å²) in [4.78, 5) is 30.6. The predicted molar refractivity (Wildman–Crippen MR) is 141 cm³/mol. The molecule has 2 rings (SSSR count). The van der Waals surface area contributed by atoms with Crippen molar-refractivity contribution in [1.29, 1.82) is 0 Å². The summed E-state index contributed by atoms with van der Waals surface area (Å²) in [7, 11) is 0. The minimum atomic E-state index is -1.22. The lowest BCUT2D eigenvalue weighted by molar-refractivity contribution is -0.154. The molecule has 6 atom stereocenters. The SMILES string of the molecule is C/C1=C\C[C@@H](/C(C)=C/c2csc(C)n2)OC(=O)C[C@H](O)C(C)(C)C(=O)[C@H](C)[C@@H](O)[C@@H](C)[C@H](C)CC1. The van der Waals surface area contributed by atoms with Crippen molar-refractivity contribution in [2.75, 3.05) is 0 Å². The molecule has 7 heteroatoms. The number of ether oxygens (including phenoxy) is 1. The maximum Gasteiger partial charge on any atom is 0.309 e. The van der Waals surface area contributed by atoms with Crippen LogP contribution >= 0.6 is 11.3 Å². The summed E-state index contributed by atoms with van der Waals surface area (Å²) >= 11 is 1.56. The number of aromatic nitrogens is 1. The second-order valence-electron chi connectivity index (χ2n) is 10.9. The summed E-state index contributed by atoms with van der Waals surface area (Å²) < 4.78 is 5.83. The summed E-state index contributed by atoms with van der Waals surface area (Å²) in [5.41, 5.74) is 1.69. The predicted octanol–water partition coefficient (Wildman–Crippen LogP) is 5.51. The molecule has 35 heavy (non-hydrogen) atoms. The number of allylic oxidation sites excluding steroid dienone is 1. The Morgan fingerprint density at radius 2 is 1.86 bits per heavy atom. The number of aliphatic hydroxyl groups excluding tert-OH is 2. The van der Waals surface area contributed by atoms with Gasteiger partial charge in [-0.2, -0.15) is 0 Å². The second kappa shape index (κ2) is 12.4. The standard InChI is InChI=1S/C28H43NO5S/c1-16-9-11-17(2)19(4)26(32)20(5)27(33)28(7,8)24(30)14-25(31)34-23(12-10-16)18(3)13-22-15-35-21(6)29-22/h10,13,15,17,19-20,23-24,26,30,32H,9,11-12,14H2,1-8H3/b16-10+,18-13+/t17-,19+,20-,23+,24+,26+/m1/s1. The fraction of sp³-hybridized carbons (Fsp3) is 0.679. The first-order valence-corrected chi connectivity index (χ1v) is 13.5. The Labute approximate surface area is 214 Å². The molecule has 0 saturated carbocycles. The number of aliphatic hydroxyl groups is 2. The van der Waals surface area contributed by atoms with Gasteiger partial charge < -0.3 is 14.9 Å². The van der Waals surface area contributed by atoms with Crippen molar-refractivity contribution in [2.24, 2.45) is 23.2 Å². The zero-order valence-corrected chi connectivity index (χ0v) is 23.3. The average Bonchev–Trinajstić information content (AvgIpc) is 3.21. The van der Waals surface area contributed by atoms with Crippen molar-refractivity contribution in [2.45, 2.75) is 99.4 Å². The highest BCUT2D eigenvalue weighted by Crippen LogP contribution is 2.34. The smallest absolute Gasteiger partial charge is 0.309 e. The topological polar surface area (TPSA) is 96.7 Å². The molecule has 0 aliphatic carbocycles. The lowest BCUT2D eigenvalue weighted by Gasteiger charge is -2.35. The Balaban J connectivity index is 2.37. The number of nitrogens with zero attached hydrogens (tertiary/aromatic N) is 1. The Morgan fingerprint density at radius 1 is 1.20 bits per heavy atom. The highest BCUT2D eigenvalue weighted by Gasteiger charge is 2.42. The number of hydrogen-bond donors (Lipinski definition) is 2. The van der Waals surface area contributed by atoms with Crippen molar-refractivity contribution < 1.29 is 24.5 Å². The van der Waals surface area contributed by atoms with Gasteiger partial charge in [0.1, 0.15) is 11.9 Å². The molecular formula is C28H43NO5S. The van der Waals surface area contributed by atoms with Crippen LogP contribution in [0.1, 0.15) is 84.9 Å². The van der Waals surface area contributed by atoms with Gasteiger partial charge >= 0.3 is 5.97 Å². The van der Waals surface area contributed by atoms with Crippen LogP contribution in [0.3, 0.4) is 0 Å². The molecule has 1 aromatic heterocycles. The molecule has 0 radical (unpaired) electrons. The third-order valence-electron chi connectivity index (χ3n) is 7.66. The average molecular weight is 506 g/mol. The quantitative estimate of drug-likeness (QED) is 0.406. The van der Waals surface area contributed by atoms with Crippen LogP contribution in [0.15, 0.2) is 22.6 Å². The van der Waals surface area contributed by atoms with Gasteiger partial charge in [0, 0.05) is 17.7 Å². The van der Waals surface area contributed by atoms with Crippen LogP contribution in [0.4, 0.5) is 0 Å². The van der Waals surface area contributed by atoms with Gasteiger partial charge in [0.15, 0.2) is 0 Å². The van der Waals surface area contributed by atoms with Crippen LogP contribution in [0.25, 0.3) is 6.08 Å². The summed E-state index contributed by atoms with van der Waals surface area (Å²) in [6, 6.07) is 0. The van der Waals surface area contributed by atoms with Crippen molar-refractivity contribution >= 4 is 29.2 Å². The second-order valence-corrected chi connectivity index (χ2v) is 12.0. The third-order valence-corrected chi connectivity index (χ3v) is 8.45. The van der Waals surface area contributed by atoms with Crippen LogP contribution in [0, 0.1) is 30.1 Å². The number of aryl methyl sites for hydroxylation is 1. The van der Waals surface area contributed by atoms with Crippen LogP contribution in [-0.4, -0.2) is 45.3 Å². The zero-order chi connectivity index (χ0) is 26.5. The van der Waals surface area contributed by atoms with Crippen LogP contribution in [0.2, 0.25) is 0 Å². The minimum absolute atomic E-state index is 0.0768. The fourth-order valence-electron chi connectivity index (χ4n) is 4.55. The number of ketones is 1. The van der Waals surface area contributed by atoms with E-state index < -0.39 is 35.6 Å². The third kappa shape index (κ3) is 7.83. The van der Waals surface area contributed by atoms with Gasteiger partial charge in [-0.25, -0.2) is 4.98 Å². The molecule has 0 spiro atoms. The van der Waals surface area contributed by atoms with Gasteiger partial charge in [-0.15, -0.1) is 11.3 Å². The van der Waals surface area contributed by atoms with E-state index >= 15 is 0 Å². The molecule has 0 bridgehead atoms. The Morgan fingerprint density at radius 3 is 2.46 bits per heavy atom. The molecule has 196 valence electrons. The normalized spacial score (nSPS) is 33.7. The van der Waals surface area contributed by atoms with E-state index in [0.717, 1.165) is 29.1 Å². The first-order valence-electron chi connectivity index (χ1n) is 12.6. The van der Waals surface area contributed by atoms with Crippen LogP contribution in [-0.2, 0) is 14.3 Å². The number of rotatable bonds is 2. The summed E-state index contributed by atoms with van der Waals surface area (Å²) in [6.07, 6.45) is 3.47.